The molecule has 0 heterocycles. The maximum atomic E-state index is 10.1. The Balaban J connectivity index is 2.07. The van der Waals surface area contributed by atoms with Gasteiger partial charge >= 0.3 is 0 Å². The van der Waals surface area contributed by atoms with Crippen molar-refractivity contribution in [1.29, 1.82) is 0 Å². The van der Waals surface area contributed by atoms with Gasteiger partial charge in [0.1, 0.15) is 0 Å². The lowest BCUT2D eigenvalue weighted by molar-refractivity contribution is 0.153. The zero-order valence-electron chi connectivity index (χ0n) is 10.3. The highest BCUT2D eigenvalue weighted by Gasteiger charge is 2.26. The maximum Gasteiger partial charge on any atom is 0.0793 e. The molecule has 3 rings (SSSR count). The van der Waals surface area contributed by atoms with E-state index in [1.807, 2.05) is 36.4 Å². The molecule has 1 aliphatic rings. The average molecular weight is 293 g/mol. The Morgan fingerprint density at radius 3 is 2.37 bits per heavy atom. The van der Waals surface area contributed by atoms with E-state index in [0.717, 1.165) is 24.0 Å². The molecular weight excluding hydrogens is 279 g/mol. The fourth-order valence-electron chi connectivity index (χ4n) is 2.84. The second-order valence-electron chi connectivity index (χ2n) is 4.95. The summed E-state index contributed by atoms with van der Waals surface area (Å²) < 4.78 is 0. The number of halogens is 2. The number of aliphatic hydroxyl groups is 1. The smallest absolute Gasteiger partial charge is 0.0793 e. The quantitative estimate of drug-likeness (QED) is 0.788. The fraction of sp³-hybridized carbons (Fsp3) is 0.250. The average Bonchev–Trinajstić information content (AvgIpc) is 2.43. The van der Waals surface area contributed by atoms with Gasteiger partial charge in [0, 0.05) is 5.92 Å². The third-order valence-electron chi connectivity index (χ3n) is 3.81. The predicted octanol–water partition coefficient (Wildman–Crippen LogP) is 4.95. The van der Waals surface area contributed by atoms with Gasteiger partial charge in [0.05, 0.1) is 16.1 Å². The molecule has 2 unspecified atom stereocenters. The molecular formula is C16H14Cl2O. The van der Waals surface area contributed by atoms with Gasteiger partial charge in [-0.05, 0) is 41.7 Å². The molecule has 0 aromatic heterocycles. The van der Waals surface area contributed by atoms with Crippen LogP contribution in [0.25, 0.3) is 0 Å². The summed E-state index contributed by atoms with van der Waals surface area (Å²) in [5, 5.41) is 11.2. The lowest BCUT2D eigenvalue weighted by Crippen LogP contribution is -2.15. The van der Waals surface area contributed by atoms with Crippen LogP contribution in [-0.4, -0.2) is 5.11 Å². The zero-order chi connectivity index (χ0) is 13.4. The number of hydrogen-bond acceptors (Lipinski definition) is 1. The van der Waals surface area contributed by atoms with Gasteiger partial charge in [-0.15, -0.1) is 0 Å². The SMILES string of the molecule is OC1CCC(c2ccc(Cl)c(Cl)c2)c2ccccc21. The number of aliphatic hydroxyl groups excluding tert-OH is 1. The lowest BCUT2D eigenvalue weighted by atomic mass is 9.78. The van der Waals surface area contributed by atoms with Crippen LogP contribution in [0.2, 0.25) is 10.0 Å². The van der Waals surface area contributed by atoms with Gasteiger partial charge < -0.3 is 5.11 Å². The van der Waals surface area contributed by atoms with E-state index < -0.39 is 0 Å². The molecule has 0 fully saturated rings. The van der Waals surface area contributed by atoms with Gasteiger partial charge in [0.2, 0.25) is 0 Å². The summed E-state index contributed by atoms with van der Waals surface area (Å²) in [6.07, 6.45) is 1.35. The zero-order valence-corrected chi connectivity index (χ0v) is 11.8. The van der Waals surface area contributed by atoms with Crippen LogP contribution in [0.4, 0.5) is 0 Å². The molecule has 1 nitrogen and oxygen atoms in total. The molecule has 0 radical (unpaired) electrons. The van der Waals surface area contributed by atoms with Crippen molar-refractivity contribution in [3.05, 3.63) is 69.2 Å². The van der Waals surface area contributed by atoms with Crippen molar-refractivity contribution in [2.45, 2.75) is 24.9 Å². The molecule has 2 aromatic carbocycles. The van der Waals surface area contributed by atoms with E-state index in [-0.39, 0.29) is 12.0 Å². The maximum absolute atomic E-state index is 10.1. The molecule has 2 aromatic rings. The summed E-state index contributed by atoms with van der Waals surface area (Å²) in [4.78, 5) is 0. The van der Waals surface area contributed by atoms with Crippen molar-refractivity contribution in [1.82, 2.24) is 0 Å². The normalized spacial score (nSPS) is 22.1. The molecule has 1 aliphatic carbocycles. The largest absolute Gasteiger partial charge is 0.388 e. The third kappa shape index (κ3) is 2.38. The first-order valence-electron chi connectivity index (χ1n) is 6.38. The van der Waals surface area contributed by atoms with E-state index in [0.29, 0.717) is 10.0 Å². The summed E-state index contributed by atoms with van der Waals surface area (Å²) in [7, 11) is 0. The van der Waals surface area contributed by atoms with E-state index in [9.17, 15) is 5.11 Å². The van der Waals surface area contributed by atoms with Crippen LogP contribution in [0.3, 0.4) is 0 Å². The van der Waals surface area contributed by atoms with Crippen LogP contribution in [0.15, 0.2) is 42.5 Å². The molecule has 1 N–H and O–H groups in total. The summed E-state index contributed by atoms with van der Waals surface area (Å²) >= 11 is 12.1. The fourth-order valence-corrected chi connectivity index (χ4v) is 3.15. The van der Waals surface area contributed by atoms with Crippen LogP contribution < -0.4 is 0 Å². The lowest BCUT2D eigenvalue weighted by Gasteiger charge is -2.29. The first kappa shape index (κ1) is 13.0. The highest BCUT2D eigenvalue weighted by molar-refractivity contribution is 6.42. The van der Waals surface area contributed by atoms with Crippen LogP contribution >= 0.6 is 23.2 Å². The van der Waals surface area contributed by atoms with Crippen molar-refractivity contribution in [2.24, 2.45) is 0 Å². The summed E-state index contributed by atoms with van der Waals surface area (Å²) in [5.41, 5.74) is 3.39. The van der Waals surface area contributed by atoms with Gasteiger partial charge in [-0.3, -0.25) is 0 Å². The third-order valence-corrected chi connectivity index (χ3v) is 4.54. The molecule has 0 saturated carbocycles. The second-order valence-corrected chi connectivity index (χ2v) is 5.76. The minimum absolute atomic E-state index is 0.286. The van der Waals surface area contributed by atoms with Crippen molar-refractivity contribution < 1.29 is 5.11 Å². The van der Waals surface area contributed by atoms with Crippen molar-refractivity contribution in [3.63, 3.8) is 0 Å². The Kier molecular flexibility index (Phi) is 3.53. The number of benzene rings is 2. The van der Waals surface area contributed by atoms with Gasteiger partial charge in [-0.25, -0.2) is 0 Å². The second kappa shape index (κ2) is 5.16. The van der Waals surface area contributed by atoms with Crippen molar-refractivity contribution in [2.75, 3.05) is 0 Å². The Hall–Kier alpha value is -1.02. The Morgan fingerprint density at radius 2 is 1.63 bits per heavy atom. The summed E-state index contributed by atoms with van der Waals surface area (Å²) in [5.74, 6) is 0.286. The van der Waals surface area contributed by atoms with Gasteiger partial charge in [0.15, 0.2) is 0 Å². The molecule has 0 spiro atoms. The molecule has 0 amide bonds. The number of hydrogen-bond donors (Lipinski definition) is 1. The van der Waals surface area contributed by atoms with Crippen LogP contribution in [0.1, 0.15) is 41.6 Å². The molecule has 98 valence electrons. The van der Waals surface area contributed by atoms with Gasteiger partial charge in [0.25, 0.3) is 0 Å². The Labute approximate surface area is 122 Å². The molecule has 2 atom stereocenters. The van der Waals surface area contributed by atoms with E-state index in [4.69, 9.17) is 23.2 Å². The van der Waals surface area contributed by atoms with Crippen LogP contribution in [0.5, 0.6) is 0 Å². The van der Waals surface area contributed by atoms with E-state index in [1.54, 1.807) is 0 Å². The van der Waals surface area contributed by atoms with E-state index in [1.165, 1.54) is 5.56 Å². The standard InChI is InChI=1S/C16H14Cl2O/c17-14-7-5-10(9-15(14)18)11-6-8-16(19)13-4-2-1-3-12(11)13/h1-5,7,9,11,16,19H,6,8H2. The highest BCUT2D eigenvalue weighted by Crippen LogP contribution is 2.42. The summed E-state index contributed by atoms with van der Waals surface area (Å²) in [6, 6.07) is 13.9. The number of rotatable bonds is 1. The summed E-state index contributed by atoms with van der Waals surface area (Å²) in [6.45, 7) is 0. The Morgan fingerprint density at radius 1 is 0.895 bits per heavy atom. The first-order chi connectivity index (χ1) is 9.16. The molecule has 19 heavy (non-hydrogen) atoms. The van der Waals surface area contributed by atoms with E-state index in [2.05, 4.69) is 6.07 Å². The van der Waals surface area contributed by atoms with Crippen LogP contribution in [-0.2, 0) is 0 Å². The van der Waals surface area contributed by atoms with Crippen LogP contribution in [0, 0.1) is 0 Å². The first-order valence-corrected chi connectivity index (χ1v) is 7.14. The monoisotopic (exact) mass is 292 g/mol. The van der Waals surface area contributed by atoms with Crippen molar-refractivity contribution >= 4 is 23.2 Å². The predicted molar refractivity (Wildman–Crippen MR) is 78.9 cm³/mol. The minimum Gasteiger partial charge on any atom is -0.388 e. The highest BCUT2D eigenvalue weighted by atomic mass is 35.5. The Bertz CT molecular complexity index is 609. The van der Waals surface area contributed by atoms with Crippen molar-refractivity contribution in [3.8, 4) is 0 Å². The molecule has 0 bridgehead atoms. The molecule has 3 heteroatoms. The topological polar surface area (TPSA) is 20.2 Å². The van der Waals surface area contributed by atoms with E-state index >= 15 is 0 Å². The minimum atomic E-state index is -0.352. The molecule has 0 aliphatic heterocycles. The van der Waals surface area contributed by atoms with Gasteiger partial charge in [-0.1, -0.05) is 53.5 Å². The van der Waals surface area contributed by atoms with Gasteiger partial charge in [-0.2, -0.15) is 0 Å². The molecule has 0 saturated heterocycles. The number of fused-ring (bicyclic) bond motifs is 1.